The first-order valence-electron chi connectivity index (χ1n) is 11.8. The molecule has 0 aliphatic carbocycles. The number of carbonyl (C=O) groups is 3. The van der Waals surface area contributed by atoms with Gasteiger partial charge in [-0.1, -0.05) is 32.0 Å². The summed E-state index contributed by atoms with van der Waals surface area (Å²) in [4.78, 5) is 41.3. The molecular weight excluding hydrogens is 406 g/mol. The second-order valence-corrected chi connectivity index (χ2v) is 9.60. The van der Waals surface area contributed by atoms with E-state index in [0.717, 1.165) is 11.3 Å². The van der Waals surface area contributed by atoms with Gasteiger partial charge in [0.2, 0.25) is 11.8 Å². The number of piperidine rings is 1. The SMILES string of the molecule is CC(Oc1ccccc1C(C)C)C(=O)N1CCC(NC(=O)C2CC(=O)N(C(C)C)C2)CC1. The molecule has 1 N–H and O–H groups in total. The van der Waals surface area contributed by atoms with Crippen LogP contribution < -0.4 is 10.1 Å². The highest BCUT2D eigenvalue weighted by Crippen LogP contribution is 2.27. The van der Waals surface area contributed by atoms with E-state index < -0.39 is 6.10 Å². The van der Waals surface area contributed by atoms with Gasteiger partial charge < -0.3 is 19.9 Å². The molecule has 1 aromatic carbocycles. The monoisotopic (exact) mass is 443 g/mol. The second kappa shape index (κ2) is 10.4. The van der Waals surface area contributed by atoms with Crippen LogP contribution in [0, 0.1) is 5.92 Å². The first kappa shape index (κ1) is 24.1. The van der Waals surface area contributed by atoms with E-state index in [-0.39, 0.29) is 42.1 Å². The molecule has 2 aliphatic heterocycles. The molecule has 0 bridgehead atoms. The molecule has 2 heterocycles. The maximum Gasteiger partial charge on any atom is 0.263 e. The van der Waals surface area contributed by atoms with E-state index in [4.69, 9.17) is 4.74 Å². The molecule has 0 aromatic heterocycles. The van der Waals surface area contributed by atoms with Crippen molar-refractivity contribution in [1.29, 1.82) is 0 Å². The molecule has 3 amide bonds. The number of rotatable bonds is 7. The van der Waals surface area contributed by atoms with E-state index in [2.05, 4.69) is 19.2 Å². The van der Waals surface area contributed by atoms with Gasteiger partial charge in [0.25, 0.3) is 5.91 Å². The van der Waals surface area contributed by atoms with Gasteiger partial charge in [0.15, 0.2) is 6.10 Å². The van der Waals surface area contributed by atoms with Crippen molar-refractivity contribution in [3.05, 3.63) is 29.8 Å². The number of nitrogens with one attached hydrogen (secondary N) is 1. The number of para-hydroxylation sites is 1. The maximum atomic E-state index is 12.9. The van der Waals surface area contributed by atoms with Gasteiger partial charge in [-0.2, -0.15) is 0 Å². The fraction of sp³-hybridized carbons (Fsp3) is 0.640. The summed E-state index contributed by atoms with van der Waals surface area (Å²) in [6.07, 6.45) is 1.14. The summed E-state index contributed by atoms with van der Waals surface area (Å²) in [5.74, 6) is 0.769. The average Bonchev–Trinajstić information content (AvgIpc) is 3.16. The topological polar surface area (TPSA) is 79.0 Å². The first-order valence-corrected chi connectivity index (χ1v) is 11.8. The van der Waals surface area contributed by atoms with Gasteiger partial charge in [-0.05, 0) is 51.2 Å². The van der Waals surface area contributed by atoms with Crippen LogP contribution in [0.2, 0.25) is 0 Å². The largest absolute Gasteiger partial charge is 0.481 e. The van der Waals surface area contributed by atoms with E-state index in [1.165, 1.54) is 0 Å². The lowest BCUT2D eigenvalue weighted by molar-refractivity contribution is -0.139. The van der Waals surface area contributed by atoms with Crippen molar-refractivity contribution in [3.8, 4) is 5.75 Å². The number of likely N-dealkylation sites (tertiary alicyclic amines) is 2. The van der Waals surface area contributed by atoms with Crippen molar-refractivity contribution in [3.63, 3.8) is 0 Å². The Kier molecular flexibility index (Phi) is 7.80. The van der Waals surface area contributed by atoms with E-state index in [9.17, 15) is 14.4 Å². The molecule has 3 rings (SSSR count). The quantitative estimate of drug-likeness (QED) is 0.703. The van der Waals surface area contributed by atoms with Crippen LogP contribution in [0.3, 0.4) is 0 Å². The van der Waals surface area contributed by atoms with Gasteiger partial charge in [-0.25, -0.2) is 0 Å². The molecule has 2 fully saturated rings. The van der Waals surface area contributed by atoms with Gasteiger partial charge in [0, 0.05) is 38.1 Å². The zero-order chi connectivity index (χ0) is 23.4. The molecular formula is C25H37N3O4. The van der Waals surface area contributed by atoms with Gasteiger partial charge in [0.1, 0.15) is 5.75 Å². The number of nitrogens with zero attached hydrogens (tertiary/aromatic N) is 2. The minimum Gasteiger partial charge on any atom is -0.481 e. The molecule has 32 heavy (non-hydrogen) atoms. The summed E-state index contributed by atoms with van der Waals surface area (Å²) in [7, 11) is 0. The molecule has 0 saturated carbocycles. The fourth-order valence-electron chi connectivity index (χ4n) is 4.53. The average molecular weight is 444 g/mol. The van der Waals surface area contributed by atoms with Crippen molar-refractivity contribution in [2.45, 2.75) is 78.0 Å². The molecule has 176 valence electrons. The first-order chi connectivity index (χ1) is 15.2. The molecule has 2 unspecified atom stereocenters. The zero-order valence-corrected chi connectivity index (χ0v) is 20.0. The Balaban J connectivity index is 1.47. The van der Waals surface area contributed by atoms with Crippen LogP contribution in [0.25, 0.3) is 0 Å². The predicted molar refractivity (Wildman–Crippen MR) is 123 cm³/mol. The van der Waals surface area contributed by atoms with Crippen LogP contribution in [0.5, 0.6) is 5.75 Å². The van der Waals surface area contributed by atoms with Crippen molar-refractivity contribution in [2.75, 3.05) is 19.6 Å². The molecule has 2 aliphatic rings. The number of hydrogen-bond acceptors (Lipinski definition) is 4. The second-order valence-electron chi connectivity index (χ2n) is 9.60. The van der Waals surface area contributed by atoms with Gasteiger partial charge in [-0.15, -0.1) is 0 Å². The summed E-state index contributed by atoms with van der Waals surface area (Å²) < 4.78 is 6.02. The smallest absolute Gasteiger partial charge is 0.263 e. The normalized spacial score (nSPS) is 20.7. The summed E-state index contributed by atoms with van der Waals surface area (Å²) in [6.45, 7) is 11.6. The predicted octanol–water partition coefficient (Wildman–Crippen LogP) is 2.94. The molecule has 2 saturated heterocycles. The molecule has 2 atom stereocenters. The fourth-order valence-corrected chi connectivity index (χ4v) is 4.53. The molecule has 0 radical (unpaired) electrons. The van der Waals surface area contributed by atoms with Crippen LogP contribution in [-0.4, -0.2) is 65.3 Å². The van der Waals surface area contributed by atoms with Crippen LogP contribution in [-0.2, 0) is 14.4 Å². The van der Waals surface area contributed by atoms with E-state index in [0.29, 0.717) is 38.4 Å². The number of ether oxygens (including phenoxy) is 1. The Hall–Kier alpha value is -2.57. The summed E-state index contributed by atoms with van der Waals surface area (Å²) >= 11 is 0. The third-order valence-electron chi connectivity index (χ3n) is 6.50. The summed E-state index contributed by atoms with van der Waals surface area (Å²) in [5.41, 5.74) is 1.09. The van der Waals surface area contributed by atoms with Gasteiger partial charge >= 0.3 is 0 Å². The van der Waals surface area contributed by atoms with Gasteiger partial charge in [-0.3, -0.25) is 14.4 Å². The molecule has 1 aromatic rings. The van der Waals surface area contributed by atoms with Crippen molar-refractivity contribution in [1.82, 2.24) is 15.1 Å². The lowest BCUT2D eigenvalue weighted by atomic mass is 10.0. The maximum absolute atomic E-state index is 12.9. The van der Waals surface area contributed by atoms with Crippen LogP contribution in [0.4, 0.5) is 0 Å². The van der Waals surface area contributed by atoms with Gasteiger partial charge in [0.05, 0.1) is 5.92 Å². The highest BCUT2D eigenvalue weighted by molar-refractivity contribution is 5.89. The highest BCUT2D eigenvalue weighted by Gasteiger charge is 2.36. The number of amides is 3. The Labute approximate surface area is 191 Å². The van der Waals surface area contributed by atoms with Crippen LogP contribution in [0.1, 0.15) is 65.4 Å². The third kappa shape index (κ3) is 5.61. The lowest BCUT2D eigenvalue weighted by Gasteiger charge is -2.34. The van der Waals surface area contributed by atoms with E-state index >= 15 is 0 Å². The van der Waals surface area contributed by atoms with E-state index in [1.54, 1.807) is 11.8 Å². The minimum atomic E-state index is -0.562. The number of benzene rings is 1. The Morgan fingerprint density at radius 3 is 2.31 bits per heavy atom. The number of hydrogen-bond donors (Lipinski definition) is 1. The zero-order valence-electron chi connectivity index (χ0n) is 20.0. The van der Waals surface area contributed by atoms with E-state index in [1.807, 2.05) is 43.0 Å². The Bertz CT molecular complexity index is 830. The number of carbonyl (C=O) groups excluding carboxylic acids is 3. The Morgan fingerprint density at radius 1 is 1.06 bits per heavy atom. The lowest BCUT2D eigenvalue weighted by Crippen LogP contribution is -2.50. The van der Waals surface area contributed by atoms with Crippen LogP contribution in [0.15, 0.2) is 24.3 Å². The Morgan fingerprint density at radius 2 is 1.72 bits per heavy atom. The molecule has 7 nitrogen and oxygen atoms in total. The standard InChI is InChI=1S/C25H37N3O4/c1-16(2)21-8-6-7-9-22(21)32-18(5)25(31)27-12-10-20(11-13-27)26-24(30)19-14-23(29)28(15-19)17(3)4/h6-9,16-20H,10-15H2,1-5H3,(H,26,30). The van der Waals surface area contributed by atoms with Crippen LogP contribution >= 0.6 is 0 Å². The highest BCUT2D eigenvalue weighted by atomic mass is 16.5. The molecule has 7 heteroatoms. The van der Waals surface area contributed by atoms with Crippen molar-refractivity contribution >= 4 is 17.7 Å². The minimum absolute atomic E-state index is 0.0256. The summed E-state index contributed by atoms with van der Waals surface area (Å²) in [5, 5.41) is 3.10. The van der Waals surface area contributed by atoms with Crippen molar-refractivity contribution < 1.29 is 19.1 Å². The summed E-state index contributed by atoms with van der Waals surface area (Å²) in [6, 6.07) is 8.00. The van der Waals surface area contributed by atoms with Crippen molar-refractivity contribution in [2.24, 2.45) is 5.92 Å². The third-order valence-corrected chi connectivity index (χ3v) is 6.50. The molecule has 0 spiro atoms.